The number of anilines is 1. The number of rotatable bonds is 3. The third-order valence-corrected chi connectivity index (χ3v) is 3.86. The van der Waals surface area contributed by atoms with Gasteiger partial charge in [0.2, 0.25) is 5.91 Å². The van der Waals surface area contributed by atoms with Crippen LogP contribution >= 0.6 is 0 Å². The summed E-state index contributed by atoms with van der Waals surface area (Å²) in [6.07, 6.45) is 1.72. The van der Waals surface area contributed by atoms with E-state index >= 15 is 0 Å². The number of carbonyl (C=O) groups is 2. The summed E-state index contributed by atoms with van der Waals surface area (Å²) in [7, 11) is 0. The normalized spacial score (nSPS) is 14.7. The molecule has 1 heterocycles. The van der Waals surface area contributed by atoms with Crippen LogP contribution in [0.3, 0.4) is 0 Å². The maximum Gasteiger partial charge on any atom is 0.331 e. The lowest BCUT2D eigenvalue weighted by molar-refractivity contribution is -0.145. The fourth-order valence-corrected chi connectivity index (χ4v) is 2.51. The number of aliphatic carboxylic acids is 1. The maximum atomic E-state index is 12.6. The zero-order chi connectivity index (χ0) is 16.7. The molecule has 0 spiro atoms. The molecule has 5 heteroatoms. The van der Waals surface area contributed by atoms with Crippen LogP contribution in [-0.4, -0.2) is 27.5 Å². The van der Waals surface area contributed by atoms with Crippen molar-refractivity contribution in [2.24, 2.45) is 5.92 Å². The molecule has 118 valence electrons. The van der Waals surface area contributed by atoms with Crippen LogP contribution in [0.4, 0.5) is 5.69 Å². The van der Waals surface area contributed by atoms with Crippen molar-refractivity contribution in [3.05, 3.63) is 36.0 Å². The number of amides is 1. The van der Waals surface area contributed by atoms with Gasteiger partial charge >= 0.3 is 5.97 Å². The number of carbonyl (C=O) groups excluding carboxylic acids is 1. The standard InChI is InChI=1S/C17H22N2O3/c1-11(2)15(20)18-10-12(3)13-8-6-7-9-14(13)19(18)17(4,5)16(21)22/h6-11H,1-5H3,(H,21,22). The maximum absolute atomic E-state index is 12.6. The number of hydrogen-bond donors (Lipinski definition) is 1. The SMILES string of the molecule is CC1=CN(C(=O)C(C)C)N(C(C)(C)C(=O)O)c2ccccc21. The minimum atomic E-state index is -1.25. The molecule has 1 N–H and O–H groups in total. The largest absolute Gasteiger partial charge is 0.479 e. The van der Waals surface area contributed by atoms with E-state index in [4.69, 9.17) is 0 Å². The molecule has 0 saturated carbocycles. The molecule has 1 aromatic rings. The molecule has 1 amide bonds. The van der Waals surface area contributed by atoms with Gasteiger partial charge in [-0.15, -0.1) is 0 Å². The second-order valence-corrected chi connectivity index (χ2v) is 6.34. The second-order valence-electron chi connectivity index (χ2n) is 6.34. The Morgan fingerprint density at radius 3 is 2.32 bits per heavy atom. The predicted molar refractivity (Wildman–Crippen MR) is 86.0 cm³/mol. The summed E-state index contributed by atoms with van der Waals surface area (Å²) >= 11 is 0. The Labute approximate surface area is 130 Å². The molecule has 0 radical (unpaired) electrons. The van der Waals surface area contributed by atoms with Gasteiger partial charge in [0.25, 0.3) is 0 Å². The molecular formula is C17H22N2O3. The molecule has 0 fully saturated rings. The first-order valence-electron chi connectivity index (χ1n) is 7.32. The van der Waals surface area contributed by atoms with Crippen LogP contribution in [0.15, 0.2) is 30.5 Å². The summed E-state index contributed by atoms with van der Waals surface area (Å²) in [5, 5.41) is 12.6. The van der Waals surface area contributed by atoms with E-state index in [-0.39, 0.29) is 11.8 Å². The zero-order valence-electron chi connectivity index (χ0n) is 13.6. The molecule has 5 nitrogen and oxygen atoms in total. The molecule has 22 heavy (non-hydrogen) atoms. The van der Waals surface area contributed by atoms with Crippen LogP contribution < -0.4 is 5.01 Å². The molecule has 0 atom stereocenters. The van der Waals surface area contributed by atoms with Crippen molar-refractivity contribution < 1.29 is 14.7 Å². The van der Waals surface area contributed by atoms with Gasteiger partial charge in [0, 0.05) is 17.7 Å². The summed E-state index contributed by atoms with van der Waals surface area (Å²) in [5.74, 6) is -1.36. The molecule has 1 aliphatic rings. The molecular weight excluding hydrogens is 280 g/mol. The molecule has 0 bridgehead atoms. The Balaban J connectivity index is 2.67. The molecule has 0 saturated heterocycles. The van der Waals surface area contributed by atoms with Gasteiger partial charge < -0.3 is 5.11 Å². The van der Waals surface area contributed by atoms with Gasteiger partial charge in [0.1, 0.15) is 0 Å². The first-order valence-corrected chi connectivity index (χ1v) is 7.32. The average molecular weight is 302 g/mol. The van der Waals surface area contributed by atoms with Crippen molar-refractivity contribution in [3.8, 4) is 0 Å². The lowest BCUT2D eigenvalue weighted by atomic mass is 9.97. The summed E-state index contributed by atoms with van der Waals surface area (Å²) in [5.41, 5.74) is 1.34. The van der Waals surface area contributed by atoms with Gasteiger partial charge in [-0.1, -0.05) is 32.0 Å². The Bertz CT molecular complexity index is 647. The first kappa shape index (κ1) is 16.1. The van der Waals surface area contributed by atoms with E-state index in [0.717, 1.165) is 16.8 Å². The minimum Gasteiger partial charge on any atom is -0.479 e. The number of hydrogen-bond acceptors (Lipinski definition) is 3. The van der Waals surface area contributed by atoms with Gasteiger partial charge in [-0.25, -0.2) is 9.80 Å². The lowest BCUT2D eigenvalue weighted by Gasteiger charge is -2.46. The van der Waals surface area contributed by atoms with E-state index in [9.17, 15) is 14.7 Å². The van der Waals surface area contributed by atoms with Crippen molar-refractivity contribution >= 4 is 23.1 Å². The average Bonchev–Trinajstić information content (AvgIpc) is 2.45. The second kappa shape index (κ2) is 5.48. The number of allylic oxidation sites excluding steroid dienone is 1. The Morgan fingerprint density at radius 2 is 1.77 bits per heavy atom. The number of carboxylic acids is 1. The smallest absolute Gasteiger partial charge is 0.331 e. The fourth-order valence-electron chi connectivity index (χ4n) is 2.51. The third kappa shape index (κ3) is 2.47. The summed E-state index contributed by atoms with van der Waals surface area (Å²) in [6, 6.07) is 7.53. The van der Waals surface area contributed by atoms with Crippen LogP contribution in [0, 0.1) is 5.92 Å². The monoisotopic (exact) mass is 302 g/mol. The van der Waals surface area contributed by atoms with Crippen molar-refractivity contribution in [1.29, 1.82) is 0 Å². The highest BCUT2D eigenvalue weighted by Gasteiger charge is 2.43. The fraction of sp³-hybridized carbons (Fsp3) is 0.412. The van der Waals surface area contributed by atoms with Gasteiger partial charge in [-0.2, -0.15) is 0 Å². The number of para-hydroxylation sites is 1. The highest BCUT2D eigenvalue weighted by molar-refractivity contribution is 5.92. The lowest BCUT2D eigenvalue weighted by Crippen LogP contribution is -2.60. The zero-order valence-corrected chi connectivity index (χ0v) is 13.6. The van der Waals surface area contributed by atoms with Gasteiger partial charge in [-0.05, 0) is 32.4 Å². The highest BCUT2D eigenvalue weighted by Crippen LogP contribution is 2.38. The summed E-state index contributed by atoms with van der Waals surface area (Å²) in [6.45, 7) is 8.73. The van der Waals surface area contributed by atoms with Crippen LogP contribution in [-0.2, 0) is 9.59 Å². The van der Waals surface area contributed by atoms with Crippen molar-refractivity contribution in [2.45, 2.75) is 40.2 Å². The molecule has 0 unspecified atom stereocenters. The van der Waals surface area contributed by atoms with E-state index in [1.165, 1.54) is 5.01 Å². The third-order valence-electron chi connectivity index (χ3n) is 3.86. The molecule has 0 aliphatic carbocycles. The quantitative estimate of drug-likeness (QED) is 0.932. The molecule has 1 aliphatic heterocycles. The van der Waals surface area contributed by atoms with E-state index in [1.54, 1.807) is 38.9 Å². The van der Waals surface area contributed by atoms with E-state index < -0.39 is 11.5 Å². The van der Waals surface area contributed by atoms with Crippen molar-refractivity contribution in [2.75, 3.05) is 5.01 Å². The summed E-state index contributed by atoms with van der Waals surface area (Å²) in [4.78, 5) is 24.3. The Morgan fingerprint density at radius 1 is 1.18 bits per heavy atom. The van der Waals surface area contributed by atoms with Crippen LogP contribution in [0.2, 0.25) is 0 Å². The van der Waals surface area contributed by atoms with Gasteiger partial charge in [0.05, 0.1) is 5.69 Å². The minimum absolute atomic E-state index is 0.136. The van der Waals surface area contributed by atoms with Crippen LogP contribution in [0.25, 0.3) is 5.57 Å². The predicted octanol–water partition coefficient (Wildman–Crippen LogP) is 3.13. The number of fused-ring (bicyclic) bond motifs is 1. The highest BCUT2D eigenvalue weighted by atomic mass is 16.4. The summed E-state index contributed by atoms with van der Waals surface area (Å²) < 4.78 is 0. The molecule has 0 aromatic heterocycles. The number of nitrogens with zero attached hydrogens (tertiary/aromatic N) is 2. The first-order chi connectivity index (χ1) is 10.2. The van der Waals surface area contributed by atoms with Gasteiger partial charge in [0.15, 0.2) is 5.54 Å². The van der Waals surface area contributed by atoms with Crippen molar-refractivity contribution in [3.63, 3.8) is 0 Å². The van der Waals surface area contributed by atoms with Gasteiger partial charge in [-0.3, -0.25) is 9.80 Å². The molecule has 2 rings (SSSR count). The van der Waals surface area contributed by atoms with E-state index in [1.807, 2.05) is 31.2 Å². The van der Waals surface area contributed by atoms with Crippen LogP contribution in [0.5, 0.6) is 0 Å². The topological polar surface area (TPSA) is 60.9 Å². The van der Waals surface area contributed by atoms with E-state index in [2.05, 4.69) is 0 Å². The van der Waals surface area contributed by atoms with Crippen LogP contribution in [0.1, 0.15) is 40.2 Å². The van der Waals surface area contributed by atoms with E-state index in [0.29, 0.717) is 0 Å². The number of benzene rings is 1. The Hall–Kier alpha value is -2.30. The van der Waals surface area contributed by atoms with Crippen molar-refractivity contribution in [1.82, 2.24) is 5.01 Å². The number of carboxylic acid groups (broad SMARTS) is 1. The number of hydrazine groups is 1. The Kier molecular flexibility index (Phi) is 4.00. The molecule has 1 aromatic carbocycles.